The van der Waals surface area contributed by atoms with Crippen molar-refractivity contribution in [2.45, 2.75) is 37.6 Å². The van der Waals surface area contributed by atoms with Crippen LogP contribution in [0.1, 0.15) is 42.5 Å². The molecule has 0 spiro atoms. The molecule has 0 aliphatic carbocycles. The Morgan fingerprint density at radius 1 is 1.10 bits per heavy atom. The van der Waals surface area contributed by atoms with Gasteiger partial charge in [0.05, 0.1) is 23.0 Å². The van der Waals surface area contributed by atoms with Gasteiger partial charge < -0.3 is 4.42 Å². The monoisotopic (exact) mass is 436 g/mol. The van der Waals surface area contributed by atoms with Gasteiger partial charge in [-0.25, -0.2) is 4.98 Å². The van der Waals surface area contributed by atoms with E-state index in [4.69, 9.17) is 9.40 Å². The van der Waals surface area contributed by atoms with Crippen molar-refractivity contribution >= 4 is 44.4 Å². The average molecular weight is 437 g/mol. The fourth-order valence-electron chi connectivity index (χ4n) is 3.25. The number of hydrogen-bond acceptors (Lipinski definition) is 5. The smallest absolute Gasteiger partial charge is 0.260 e. The van der Waals surface area contributed by atoms with Crippen molar-refractivity contribution in [3.8, 4) is 0 Å². The molecule has 154 valence electrons. The molecule has 0 N–H and O–H groups in total. The summed E-state index contributed by atoms with van der Waals surface area (Å²) in [6.07, 6.45) is 3.66. The van der Waals surface area contributed by atoms with Crippen LogP contribution in [0.3, 0.4) is 0 Å². The second-order valence-electron chi connectivity index (χ2n) is 8.10. The first kappa shape index (κ1) is 20.7. The van der Waals surface area contributed by atoms with Gasteiger partial charge in [-0.05, 0) is 53.6 Å². The fourth-order valence-corrected chi connectivity index (χ4v) is 4.86. The Balaban J connectivity index is 1.74. The Hall–Kier alpha value is -2.57. The fraction of sp³-hybridized carbons (Fsp3) is 0.250. The minimum atomic E-state index is -0.0865. The van der Waals surface area contributed by atoms with Crippen LogP contribution in [0.15, 0.2) is 70.2 Å². The number of anilines is 1. The number of thioether (sulfide) groups is 1. The molecule has 0 atom stereocenters. The number of hydrogen-bond donors (Lipinski definition) is 0. The highest BCUT2D eigenvalue weighted by Gasteiger charge is 2.24. The van der Waals surface area contributed by atoms with E-state index in [0.29, 0.717) is 17.2 Å². The van der Waals surface area contributed by atoms with Crippen LogP contribution in [0.25, 0.3) is 10.2 Å². The number of rotatable bonds is 5. The van der Waals surface area contributed by atoms with Gasteiger partial charge in [0.25, 0.3) is 5.91 Å². The molecule has 0 saturated carbocycles. The Morgan fingerprint density at radius 2 is 1.87 bits per heavy atom. The Labute approximate surface area is 184 Å². The van der Waals surface area contributed by atoms with Crippen LogP contribution < -0.4 is 4.90 Å². The molecule has 4 rings (SSSR count). The summed E-state index contributed by atoms with van der Waals surface area (Å²) in [7, 11) is 0. The molecule has 0 radical (unpaired) electrons. The van der Waals surface area contributed by atoms with Gasteiger partial charge in [-0.3, -0.25) is 9.69 Å². The molecule has 2 aromatic carbocycles. The van der Waals surface area contributed by atoms with Crippen molar-refractivity contribution < 1.29 is 9.21 Å². The summed E-state index contributed by atoms with van der Waals surface area (Å²) in [6, 6.07) is 17.7. The predicted octanol–water partition coefficient (Wildman–Crippen LogP) is 6.76. The molecule has 1 amide bonds. The zero-order valence-electron chi connectivity index (χ0n) is 17.5. The first-order valence-corrected chi connectivity index (χ1v) is 11.8. The quantitative estimate of drug-likeness (QED) is 0.324. The summed E-state index contributed by atoms with van der Waals surface area (Å²) in [5, 5.41) is 0.674. The van der Waals surface area contributed by atoms with Crippen LogP contribution in [-0.4, -0.2) is 17.1 Å². The Bertz CT molecular complexity index is 1160. The van der Waals surface area contributed by atoms with Gasteiger partial charge in [0, 0.05) is 10.5 Å². The molecular formula is C24H24N2O2S2. The Kier molecular flexibility index (Phi) is 5.71. The van der Waals surface area contributed by atoms with Gasteiger partial charge in [0.1, 0.15) is 5.76 Å². The van der Waals surface area contributed by atoms with E-state index in [1.165, 1.54) is 16.9 Å². The zero-order valence-corrected chi connectivity index (χ0v) is 19.1. The minimum absolute atomic E-state index is 0.0384. The average Bonchev–Trinajstić information content (AvgIpc) is 3.40. The third kappa shape index (κ3) is 4.16. The van der Waals surface area contributed by atoms with E-state index < -0.39 is 0 Å². The van der Waals surface area contributed by atoms with Crippen LogP contribution in [-0.2, 0) is 12.0 Å². The van der Waals surface area contributed by atoms with Crippen LogP contribution >= 0.6 is 23.1 Å². The Morgan fingerprint density at radius 3 is 2.50 bits per heavy atom. The van der Waals surface area contributed by atoms with Gasteiger partial charge in [-0.2, -0.15) is 0 Å². The summed E-state index contributed by atoms with van der Waals surface area (Å²) in [6.45, 7) is 6.83. The first-order chi connectivity index (χ1) is 14.4. The molecule has 4 nitrogen and oxygen atoms in total. The van der Waals surface area contributed by atoms with Crippen molar-refractivity contribution in [2.75, 3.05) is 11.2 Å². The SMILES string of the molecule is CSc1cccc2sc(N(Cc3ccco3)C(=O)c3ccc(C(C)(C)C)cc3)nc12. The number of furan rings is 1. The second kappa shape index (κ2) is 8.28. The summed E-state index contributed by atoms with van der Waals surface area (Å²) >= 11 is 3.19. The maximum Gasteiger partial charge on any atom is 0.260 e. The van der Waals surface area contributed by atoms with Gasteiger partial charge in [-0.1, -0.05) is 50.3 Å². The van der Waals surface area contributed by atoms with E-state index >= 15 is 0 Å². The molecule has 0 bridgehead atoms. The second-order valence-corrected chi connectivity index (χ2v) is 9.96. The van der Waals surface area contributed by atoms with Crippen molar-refractivity contribution in [1.82, 2.24) is 4.98 Å². The molecule has 2 heterocycles. The van der Waals surface area contributed by atoms with Crippen LogP contribution in [0, 0.1) is 0 Å². The number of aromatic nitrogens is 1. The molecule has 2 aromatic heterocycles. The lowest BCUT2D eigenvalue weighted by molar-refractivity contribution is 0.0983. The number of thiazole rings is 1. The van der Waals surface area contributed by atoms with E-state index in [-0.39, 0.29) is 11.3 Å². The largest absolute Gasteiger partial charge is 0.467 e. The van der Waals surface area contributed by atoms with E-state index in [1.807, 2.05) is 54.8 Å². The number of carbonyl (C=O) groups excluding carboxylic acids is 1. The predicted molar refractivity (Wildman–Crippen MR) is 126 cm³/mol. The van der Waals surface area contributed by atoms with Gasteiger partial charge in [0.15, 0.2) is 5.13 Å². The third-order valence-corrected chi connectivity index (χ3v) is 6.77. The van der Waals surface area contributed by atoms with E-state index in [0.717, 1.165) is 20.9 Å². The highest BCUT2D eigenvalue weighted by Crippen LogP contribution is 2.35. The number of nitrogens with zero attached hydrogens (tertiary/aromatic N) is 2. The molecular weight excluding hydrogens is 412 g/mol. The van der Waals surface area contributed by atoms with Crippen molar-refractivity contribution in [3.63, 3.8) is 0 Å². The first-order valence-electron chi connectivity index (χ1n) is 9.75. The molecule has 6 heteroatoms. The van der Waals surface area contributed by atoms with Crippen molar-refractivity contribution in [1.29, 1.82) is 0 Å². The van der Waals surface area contributed by atoms with E-state index in [9.17, 15) is 4.79 Å². The molecule has 0 saturated heterocycles. The maximum absolute atomic E-state index is 13.5. The number of fused-ring (bicyclic) bond motifs is 1. The number of amides is 1. The van der Waals surface area contributed by atoms with Gasteiger partial charge in [0.2, 0.25) is 0 Å². The lowest BCUT2D eigenvalue weighted by atomic mass is 9.86. The normalized spacial score (nSPS) is 11.7. The topological polar surface area (TPSA) is 46.3 Å². The van der Waals surface area contributed by atoms with Crippen LogP contribution in [0.2, 0.25) is 0 Å². The summed E-state index contributed by atoms with van der Waals surface area (Å²) < 4.78 is 6.60. The number of para-hydroxylation sites is 1. The zero-order chi connectivity index (χ0) is 21.3. The summed E-state index contributed by atoms with van der Waals surface area (Å²) in [4.78, 5) is 21.2. The molecule has 0 aliphatic heterocycles. The summed E-state index contributed by atoms with van der Waals surface area (Å²) in [5.74, 6) is 0.635. The van der Waals surface area contributed by atoms with Crippen molar-refractivity contribution in [2.24, 2.45) is 0 Å². The standard InChI is InChI=1S/C24H24N2O2S2/c1-24(2,3)17-12-10-16(11-13-17)22(27)26(15-18-7-6-14-28-18)23-25-21-19(29-4)8-5-9-20(21)30-23/h5-14H,15H2,1-4H3. The van der Waals surface area contributed by atoms with E-state index in [1.54, 1.807) is 22.9 Å². The number of carbonyl (C=O) groups is 1. The molecule has 0 unspecified atom stereocenters. The molecule has 0 aliphatic rings. The lowest BCUT2D eigenvalue weighted by Crippen LogP contribution is -2.30. The molecule has 30 heavy (non-hydrogen) atoms. The third-order valence-electron chi connectivity index (χ3n) is 4.96. The minimum Gasteiger partial charge on any atom is -0.467 e. The van der Waals surface area contributed by atoms with Gasteiger partial charge in [-0.15, -0.1) is 11.8 Å². The highest BCUT2D eigenvalue weighted by molar-refractivity contribution is 7.98. The van der Waals surface area contributed by atoms with E-state index in [2.05, 4.69) is 26.8 Å². The molecule has 0 fully saturated rings. The van der Waals surface area contributed by atoms with Crippen LogP contribution in [0.5, 0.6) is 0 Å². The molecule has 4 aromatic rings. The van der Waals surface area contributed by atoms with Crippen molar-refractivity contribution in [3.05, 3.63) is 77.7 Å². The number of benzene rings is 2. The highest BCUT2D eigenvalue weighted by atomic mass is 32.2. The van der Waals surface area contributed by atoms with Crippen LogP contribution in [0.4, 0.5) is 5.13 Å². The lowest BCUT2D eigenvalue weighted by Gasteiger charge is -2.21. The maximum atomic E-state index is 13.5. The summed E-state index contributed by atoms with van der Waals surface area (Å²) in [5.41, 5.74) is 2.81. The van der Waals surface area contributed by atoms with Gasteiger partial charge >= 0.3 is 0 Å².